The summed E-state index contributed by atoms with van der Waals surface area (Å²) in [4.78, 5) is 13.7. The van der Waals surface area contributed by atoms with Gasteiger partial charge in [0.05, 0.1) is 0 Å². The number of hydrogen-bond donors (Lipinski definition) is 1. The average molecular weight is 212 g/mol. The molecule has 0 spiro atoms. The van der Waals surface area contributed by atoms with Gasteiger partial charge in [0.1, 0.15) is 0 Å². The SMILES string of the molecule is CCCC(=O)NCC1(N(C)C)CCCC1. The Kier molecular flexibility index (Phi) is 4.58. The van der Waals surface area contributed by atoms with Crippen LogP contribution in [0.4, 0.5) is 0 Å². The van der Waals surface area contributed by atoms with E-state index in [-0.39, 0.29) is 11.4 Å². The van der Waals surface area contributed by atoms with Crippen molar-refractivity contribution in [3.8, 4) is 0 Å². The molecule has 1 saturated carbocycles. The number of carbonyl (C=O) groups is 1. The molecule has 0 heterocycles. The van der Waals surface area contributed by atoms with Crippen LogP contribution in [0, 0.1) is 0 Å². The number of nitrogens with one attached hydrogen (secondary N) is 1. The molecule has 3 heteroatoms. The third kappa shape index (κ3) is 3.20. The Morgan fingerprint density at radius 1 is 1.33 bits per heavy atom. The second kappa shape index (κ2) is 5.50. The van der Waals surface area contributed by atoms with Gasteiger partial charge in [-0.25, -0.2) is 0 Å². The van der Waals surface area contributed by atoms with Crippen LogP contribution >= 0.6 is 0 Å². The minimum absolute atomic E-state index is 0.200. The van der Waals surface area contributed by atoms with Crippen LogP contribution in [0.25, 0.3) is 0 Å². The van der Waals surface area contributed by atoms with Crippen LogP contribution in [0.3, 0.4) is 0 Å². The van der Waals surface area contributed by atoms with Crippen molar-refractivity contribution in [3.05, 3.63) is 0 Å². The van der Waals surface area contributed by atoms with E-state index in [4.69, 9.17) is 0 Å². The number of hydrogen-bond acceptors (Lipinski definition) is 2. The maximum atomic E-state index is 11.4. The zero-order chi connectivity index (χ0) is 11.3. The molecular weight excluding hydrogens is 188 g/mol. The molecule has 1 fully saturated rings. The first-order chi connectivity index (χ1) is 7.10. The summed E-state index contributed by atoms with van der Waals surface area (Å²) in [6.07, 6.45) is 6.60. The van der Waals surface area contributed by atoms with Crippen molar-refractivity contribution < 1.29 is 4.79 Å². The quantitative estimate of drug-likeness (QED) is 0.753. The lowest BCUT2D eigenvalue weighted by molar-refractivity contribution is -0.121. The molecule has 0 bridgehead atoms. The molecule has 0 aliphatic heterocycles. The fourth-order valence-corrected chi connectivity index (χ4v) is 2.39. The van der Waals surface area contributed by atoms with Crippen LogP contribution < -0.4 is 5.32 Å². The molecule has 1 amide bonds. The zero-order valence-electron chi connectivity index (χ0n) is 10.3. The van der Waals surface area contributed by atoms with E-state index in [1.165, 1.54) is 25.7 Å². The molecule has 1 aliphatic carbocycles. The number of carbonyl (C=O) groups excluding carboxylic acids is 1. The van der Waals surface area contributed by atoms with Gasteiger partial charge in [0, 0.05) is 18.5 Å². The smallest absolute Gasteiger partial charge is 0.220 e. The minimum Gasteiger partial charge on any atom is -0.354 e. The van der Waals surface area contributed by atoms with Crippen molar-refractivity contribution in [2.24, 2.45) is 0 Å². The molecule has 0 radical (unpaired) electrons. The van der Waals surface area contributed by atoms with Crippen LogP contribution in [0.1, 0.15) is 45.4 Å². The first kappa shape index (κ1) is 12.5. The number of nitrogens with zero attached hydrogens (tertiary/aromatic N) is 1. The third-order valence-corrected chi connectivity index (χ3v) is 3.57. The molecule has 0 atom stereocenters. The first-order valence-corrected chi connectivity index (χ1v) is 6.05. The van der Waals surface area contributed by atoms with E-state index in [2.05, 4.69) is 24.3 Å². The highest BCUT2D eigenvalue weighted by molar-refractivity contribution is 5.75. The minimum atomic E-state index is 0.200. The third-order valence-electron chi connectivity index (χ3n) is 3.57. The normalized spacial score (nSPS) is 19.5. The van der Waals surface area contributed by atoms with Gasteiger partial charge in [0.25, 0.3) is 0 Å². The van der Waals surface area contributed by atoms with Gasteiger partial charge in [-0.3, -0.25) is 4.79 Å². The molecule has 0 aromatic heterocycles. The van der Waals surface area contributed by atoms with E-state index in [1.807, 2.05) is 6.92 Å². The lowest BCUT2D eigenvalue weighted by Gasteiger charge is -2.36. The van der Waals surface area contributed by atoms with E-state index in [1.54, 1.807) is 0 Å². The van der Waals surface area contributed by atoms with E-state index < -0.39 is 0 Å². The topological polar surface area (TPSA) is 32.3 Å². The summed E-state index contributed by atoms with van der Waals surface area (Å²) >= 11 is 0. The van der Waals surface area contributed by atoms with Crippen LogP contribution in [-0.4, -0.2) is 37.0 Å². The van der Waals surface area contributed by atoms with Crippen molar-refractivity contribution in [2.45, 2.75) is 51.0 Å². The molecule has 0 aromatic rings. The molecular formula is C12H24N2O. The fraction of sp³-hybridized carbons (Fsp3) is 0.917. The predicted molar refractivity (Wildman–Crippen MR) is 62.8 cm³/mol. The highest BCUT2D eigenvalue weighted by Gasteiger charge is 2.35. The summed E-state index contributed by atoms with van der Waals surface area (Å²) in [6.45, 7) is 2.86. The summed E-state index contributed by atoms with van der Waals surface area (Å²) in [5.74, 6) is 0.200. The molecule has 1 aliphatic rings. The molecule has 3 nitrogen and oxygen atoms in total. The van der Waals surface area contributed by atoms with Crippen LogP contribution in [0.2, 0.25) is 0 Å². The molecule has 1 N–H and O–H groups in total. The Bertz CT molecular complexity index is 208. The van der Waals surface area contributed by atoms with Gasteiger partial charge in [-0.15, -0.1) is 0 Å². The monoisotopic (exact) mass is 212 g/mol. The van der Waals surface area contributed by atoms with E-state index in [9.17, 15) is 4.79 Å². The number of rotatable bonds is 5. The Labute approximate surface area is 93.2 Å². The molecule has 1 rings (SSSR count). The van der Waals surface area contributed by atoms with Crippen molar-refractivity contribution >= 4 is 5.91 Å². The van der Waals surface area contributed by atoms with Crippen molar-refractivity contribution in [3.63, 3.8) is 0 Å². The van der Waals surface area contributed by atoms with Crippen molar-refractivity contribution in [1.82, 2.24) is 10.2 Å². The molecule has 0 aromatic carbocycles. The summed E-state index contributed by atoms with van der Waals surface area (Å²) < 4.78 is 0. The van der Waals surface area contributed by atoms with Gasteiger partial charge in [0.2, 0.25) is 5.91 Å². The fourth-order valence-electron chi connectivity index (χ4n) is 2.39. The standard InChI is InChI=1S/C12H24N2O/c1-4-7-11(15)13-10-12(14(2)3)8-5-6-9-12/h4-10H2,1-3H3,(H,13,15). The largest absolute Gasteiger partial charge is 0.354 e. The zero-order valence-corrected chi connectivity index (χ0v) is 10.3. The molecule has 88 valence electrons. The molecule has 0 saturated heterocycles. The summed E-state index contributed by atoms with van der Waals surface area (Å²) in [6, 6.07) is 0. The highest BCUT2D eigenvalue weighted by Crippen LogP contribution is 2.33. The van der Waals surface area contributed by atoms with E-state index >= 15 is 0 Å². The lowest BCUT2D eigenvalue weighted by atomic mass is 9.96. The van der Waals surface area contributed by atoms with Gasteiger partial charge in [-0.1, -0.05) is 19.8 Å². The summed E-state index contributed by atoms with van der Waals surface area (Å²) in [5, 5.41) is 3.07. The van der Waals surface area contributed by atoms with Gasteiger partial charge in [0.15, 0.2) is 0 Å². The predicted octanol–water partition coefficient (Wildman–Crippen LogP) is 1.78. The summed E-state index contributed by atoms with van der Waals surface area (Å²) in [5.41, 5.74) is 0.226. The van der Waals surface area contributed by atoms with Gasteiger partial charge in [-0.05, 0) is 33.4 Å². The van der Waals surface area contributed by atoms with Crippen molar-refractivity contribution in [2.75, 3.05) is 20.6 Å². The van der Waals surface area contributed by atoms with E-state index in [0.29, 0.717) is 6.42 Å². The molecule has 0 unspecified atom stereocenters. The molecule has 15 heavy (non-hydrogen) atoms. The van der Waals surface area contributed by atoms with Gasteiger partial charge >= 0.3 is 0 Å². The Morgan fingerprint density at radius 3 is 2.40 bits per heavy atom. The van der Waals surface area contributed by atoms with Crippen LogP contribution in [0.5, 0.6) is 0 Å². The Balaban J connectivity index is 2.42. The lowest BCUT2D eigenvalue weighted by Crippen LogP contribution is -2.50. The average Bonchev–Trinajstić information content (AvgIpc) is 2.65. The van der Waals surface area contributed by atoms with Crippen LogP contribution in [-0.2, 0) is 4.79 Å². The first-order valence-electron chi connectivity index (χ1n) is 6.05. The van der Waals surface area contributed by atoms with Crippen LogP contribution in [0.15, 0.2) is 0 Å². The highest BCUT2D eigenvalue weighted by atomic mass is 16.1. The Hall–Kier alpha value is -0.570. The number of likely N-dealkylation sites (N-methyl/N-ethyl adjacent to an activating group) is 1. The van der Waals surface area contributed by atoms with Gasteiger partial charge in [-0.2, -0.15) is 0 Å². The summed E-state index contributed by atoms with van der Waals surface area (Å²) in [7, 11) is 4.24. The van der Waals surface area contributed by atoms with Crippen molar-refractivity contribution in [1.29, 1.82) is 0 Å². The van der Waals surface area contributed by atoms with E-state index in [0.717, 1.165) is 13.0 Å². The Morgan fingerprint density at radius 2 is 1.93 bits per heavy atom. The number of amides is 1. The second-order valence-electron chi connectivity index (χ2n) is 4.85. The maximum absolute atomic E-state index is 11.4. The maximum Gasteiger partial charge on any atom is 0.220 e. The van der Waals surface area contributed by atoms with Gasteiger partial charge < -0.3 is 10.2 Å². The second-order valence-corrected chi connectivity index (χ2v) is 4.85.